The van der Waals surface area contributed by atoms with Gasteiger partial charge in [-0.05, 0) is 13.3 Å². The number of aliphatic hydroxyl groups is 1. The van der Waals surface area contributed by atoms with Crippen molar-refractivity contribution in [2.24, 2.45) is 7.05 Å². The number of hydrogen-bond acceptors (Lipinski definition) is 7. The zero-order chi connectivity index (χ0) is 23.3. The number of fused-ring (bicyclic) bond motifs is 1. The minimum Gasteiger partial charge on any atom is -0.389 e. The van der Waals surface area contributed by atoms with Gasteiger partial charge in [-0.1, -0.05) is 30.1 Å². The van der Waals surface area contributed by atoms with Crippen molar-refractivity contribution in [2.45, 2.75) is 39.5 Å². The fourth-order valence-corrected chi connectivity index (χ4v) is 5.44. The van der Waals surface area contributed by atoms with E-state index in [2.05, 4.69) is 4.98 Å². The van der Waals surface area contributed by atoms with E-state index in [-0.39, 0.29) is 41.0 Å². The quantitative estimate of drug-likeness (QED) is 0.570. The standard InChI is InChI=1S/C19H21Cl2N5O5S/c1-4-5-24-18-13(16(28)23(3)19(24)30)12(17(29)26-6-10(27)8-31-26)11(32-18)7-25-9(2)22-14(20)15(25)21/h10,27H,4-8H2,1-3H3. The Hall–Kier alpha value is -2.18. The van der Waals surface area contributed by atoms with Crippen LogP contribution in [0.4, 0.5) is 0 Å². The van der Waals surface area contributed by atoms with E-state index in [1.165, 1.54) is 23.0 Å². The molecule has 13 heteroatoms. The molecular formula is C19H21Cl2N5O5S. The molecule has 4 heterocycles. The van der Waals surface area contributed by atoms with Gasteiger partial charge in [-0.2, -0.15) is 0 Å². The zero-order valence-corrected chi connectivity index (χ0v) is 19.9. The summed E-state index contributed by atoms with van der Waals surface area (Å²) < 4.78 is 4.12. The number of nitrogens with zero attached hydrogens (tertiary/aromatic N) is 5. The van der Waals surface area contributed by atoms with Crippen LogP contribution in [0.25, 0.3) is 10.2 Å². The number of carbonyl (C=O) groups is 1. The average molecular weight is 502 g/mol. The maximum atomic E-state index is 13.4. The highest BCUT2D eigenvalue weighted by atomic mass is 35.5. The first kappa shape index (κ1) is 23.0. The number of imidazole rings is 1. The van der Waals surface area contributed by atoms with Crippen molar-refractivity contribution < 1.29 is 14.7 Å². The second-order valence-electron chi connectivity index (χ2n) is 7.52. The third-order valence-electron chi connectivity index (χ3n) is 5.29. The summed E-state index contributed by atoms with van der Waals surface area (Å²) in [6.45, 7) is 4.08. The first-order valence-corrected chi connectivity index (χ1v) is 11.5. The Bertz CT molecular complexity index is 1340. The summed E-state index contributed by atoms with van der Waals surface area (Å²) in [6.07, 6.45) is -0.162. The van der Waals surface area contributed by atoms with Crippen LogP contribution in [0.1, 0.15) is 34.4 Å². The van der Waals surface area contributed by atoms with Crippen LogP contribution >= 0.6 is 34.5 Å². The van der Waals surface area contributed by atoms with E-state index in [4.69, 9.17) is 28.0 Å². The molecular weight excluding hydrogens is 481 g/mol. The maximum absolute atomic E-state index is 13.4. The Morgan fingerprint density at radius 1 is 1.31 bits per heavy atom. The number of aromatic nitrogens is 4. The average Bonchev–Trinajstić information content (AvgIpc) is 3.42. The molecule has 1 unspecified atom stereocenters. The van der Waals surface area contributed by atoms with Crippen LogP contribution in [0.15, 0.2) is 9.59 Å². The van der Waals surface area contributed by atoms with Gasteiger partial charge in [-0.3, -0.25) is 23.6 Å². The van der Waals surface area contributed by atoms with Gasteiger partial charge in [-0.15, -0.1) is 11.3 Å². The van der Waals surface area contributed by atoms with Gasteiger partial charge < -0.3 is 9.67 Å². The van der Waals surface area contributed by atoms with Gasteiger partial charge in [0.25, 0.3) is 11.5 Å². The van der Waals surface area contributed by atoms with E-state index in [1.54, 1.807) is 11.5 Å². The number of rotatable bonds is 5. The molecule has 1 fully saturated rings. The second kappa shape index (κ2) is 8.64. The van der Waals surface area contributed by atoms with Crippen molar-refractivity contribution in [3.63, 3.8) is 0 Å². The van der Waals surface area contributed by atoms with Gasteiger partial charge in [0, 0.05) is 18.5 Å². The van der Waals surface area contributed by atoms with Gasteiger partial charge in [0.2, 0.25) is 0 Å². The molecule has 1 atom stereocenters. The molecule has 1 saturated heterocycles. The number of thiophene rings is 1. The van der Waals surface area contributed by atoms with E-state index in [0.29, 0.717) is 28.5 Å². The third kappa shape index (κ3) is 3.67. The van der Waals surface area contributed by atoms with Gasteiger partial charge in [0.05, 0.1) is 24.0 Å². The number of halogens is 2. The van der Waals surface area contributed by atoms with Crippen molar-refractivity contribution in [1.29, 1.82) is 0 Å². The maximum Gasteiger partial charge on any atom is 0.331 e. The van der Waals surface area contributed by atoms with E-state index in [9.17, 15) is 19.5 Å². The molecule has 0 aromatic carbocycles. The molecule has 32 heavy (non-hydrogen) atoms. The fourth-order valence-electron chi connectivity index (χ4n) is 3.70. The molecule has 0 aliphatic carbocycles. The normalized spacial score (nSPS) is 16.4. The summed E-state index contributed by atoms with van der Waals surface area (Å²) in [7, 11) is 1.38. The number of hydrogen-bond donors (Lipinski definition) is 1. The van der Waals surface area contributed by atoms with Crippen LogP contribution in [0, 0.1) is 6.92 Å². The Kier molecular flexibility index (Phi) is 6.21. The van der Waals surface area contributed by atoms with Crippen molar-refractivity contribution in [1.82, 2.24) is 23.7 Å². The van der Waals surface area contributed by atoms with Crippen LogP contribution in [-0.4, -0.2) is 54.0 Å². The Morgan fingerprint density at radius 2 is 2.03 bits per heavy atom. The predicted molar refractivity (Wildman–Crippen MR) is 121 cm³/mol. The lowest BCUT2D eigenvalue weighted by Gasteiger charge is -2.15. The zero-order valence-electron chi connectivity index (χ0n) is 17.6. The minimum atomic E-state index is -0.822. The number of aliphatic hydroxyl groups excluding tert-OH is 1. The van der Waals surface area contributed by atoms with Crippen molar-refractivity contribution >= 4 is 50.7 Å². The topological polar surface area (TPSA) is 112 Å². The van der Waals surface area contributed by atoms with E-state index >= 15 is 0 Å². The highest BCUT2D eigenvalue weighted by Gasteiger charge is 2.33. The Morgan fingerprint density at radius 3 is 2.59 bits per heavy atom. The monoisotopic (exact) mass is 501 g/mol. The number of hydroxylamine groups is 2. The first-order chi connectivity index (χ1) is 15.1. The molecule has 1 N–H and O–H groups in total. The first-order valence-electron chi connectivity index (χ1n) is 9.91. The van der Waals surface area contributed by atoms with Crippen LogP contribution in [0.5, 0.6) is 0 Å². The van der Waals surface area contributed by atoms with Gasteiger partial charge in [0.1, 0.15) is 28.5 Å². The van der Waals surface area contributed by atoms with Crippen LogP contribution in [-0.2, 0) is 25.0 Å². The smallest absolute Gasteiger partial charge is 0.331 e. The summed E-state index contributed by atoms with van der Waals surface area (Å²) in [6, 6.07) is 0. The molecule has 3 aromatic heterocycles. The minimum absolute atomic E-state index is 0.0240. The SMILES string of the molecule is CCCn1c(=O)n(C)c(=O)c2c(C(=O)N3CC(O)CO3)c(Cn3c(C)nc(Cl)c3Cl)sc21. The summed E-state index contributed by atoms with van der Waals surface area (Å²) in [5.41, 5.74) is -0.914. The van der Waals surface area contributed by atoms with Gasteiger partial charge >= 0.3 is 5.69 Å². The van der Waals surface area contributed by atoms with Crippen molar-refractivity contribution in [2.75, 3.05) is 13.2 Å². The van der Waals surface area contributed by atoms with Gasteiger partial charge in [0.15, 0.2) is 5.15 Å². The molecule has 1 aliphatic heterocycles. The van der Waals surface area contributed by atoms with Crippen molar-refractivity contribution in [3.8, 4) is 0 Å². The molecule has 0 spiro atoms. The highest BCUT2D eigenvalue weighted by Crippen LogP contribution is 2.33. The Labute approximate surface area is 196 Å². The van der Waals surface area contributed by atoms with Crippen LogP contribution < -0.4 is 11.2 Å². The summed E-state index contributed by atoms with van der Waals surface area (Å²) in [5.74, 6) is -0.0378. The molecule has 0 bridgehead atoms. The lowest BCUT2D eigenvalue weighted by atomic mass is 10.1. The van der Waals surface area contributed by atoms with Gasteiger partial charge in [-0.25, -0.2) is 14.8 Å². The fraction of sp³-hybridized carbons (Fsp3) is 0.474. The molecule has 4 rings (SSSR count). The van der Waals surface area contributed by atoms with Crippen LogP contribution in [0.3, 0.4) is 0 Å². The molecule has 1 amide bonds. The Balaban J connectivity index is 2.00. The largest absolute Gasteiger partial charge is 0.389 e. The van der Waals surface area contributed by atoms with Crippen LogP contribution in [0.2, 0.25) is 10.3 Å². The molecule has 1 aliphatic rings. The molecule has 10 nitrogen and oxygen atoms in total. The summed E-state index contributed by atoms with van der Waals surface area (Å²) in [4.78, 5) is 49.7. The lowest BCUT2D eigenvalue weighted by molar-refractivity contribution is -0.0778. The summed E-state index contributed by atoms with van der Waals surface area (Å²) in [5, 5.41) is 11.3. The van der Waals surface area contributed by atoms with E-state index < -0.39 is 23.3 Å². The third-order valence-corrected chi connectivity index (χ3v) is 7.23. The van der Waals surface area contributed by atoms with E-state index in [1.807, 2.05) is 6.92 Å². The second-order valence-corrected chi connectivity index (χ2v) is 9.32. The predicted octanol–water partition coefficient (Wildman–Crippen LogP) is 1.78. The molecule has 0 radical (unpaired) electrons. The number of amides is 1. The van der Waals surface area contributed by atoms with E-state index in [0.717, 1.165) is 9.63 Å². The molecule has 0 saturated carbocycles. The number of β-amino-alcohol motifs (C(OH)–C–C–N with tert-alkyl or cyclic N) is 1. The highest BCUT2D eigenvalue weighted by molar-refractivity contribution is 7.19. The number of carbonyl (C=O) groups excluding carboxylic acids is 1. The molecule has 172 valence electrons. The number of aryl methyl sites for hydroxylation is 2. The summed E-state index contributed by atoms with van der Waals surface area (Å²) >= 11 is 13.5. The van der Waals surface area contributed by atoms with Crippen molar-refractivity contribution in [3.05, 3.63) is 47.4 Å². The molecule has 3 aromatic rings. The lowest BCUT2D eigenvalue weighted by Crippen LogP contribution is -2.38.